The largest absolute Gasteiger partial charge is 0.506 e. The Labute approximate surface area is 689 Å². The Balaban J connectivity index is 0.738. The van der Waals surface area contributed by atoms with Crippen LogP contribution in [0.3, 0.4) is 0 Å². The predicted octanol–water partition coefficient (Wildman–Crippen LogP) is 29.6. The lowest BCUT2D eigenvalue weighted by Crippen LogP contribution is -2.20. The fourth-order valence-electron chi connectivity index (χ4n) is 17.8. The van der Waals surface area contributed by atoms with Crippen LogP contribution in [0.25, 0.3) is 87.2 Å². The summed E-state index contributed by atoms with van der Waals surface area (Å²) in [6.45, 7) is 20.1. The minimum atomic E-state index is -0.695. The molecule has 2 aromatic carbocycles. The van der Waals surface area contributed by atoms with Gasteiger partial charge in [-0.2, -0.15) is 4.58 Å². The van der Waals surface area contributed by atoms with Gasteiger partial charge in [0.15, 0.2) is 0 Å². The predicted molar refractivity (Wildman–Crippen MR) is 485 cm³/mol. The van der Waals surface area contributed by atoms with Crippen molar-refractivity contribution in [1.29, 1.82) is 0 Å². The van der Waals surface area contributed by atoms with Crippen LogP contribution in [-0.2, 0) is 35.5 Å². The van der Waals surface area contributed by atoms with Crippen LogP contribution in [-0.4, -0.2) is 55.9 Å². The van der Waals surface area contributed by atoms with Gasteiger partial charge in [0.25, 0.3) is 0 Å². The number of aliphatic hydroxyl groups excluding tert-OH is 1. The first-order valence-electron chi connectivity index (χ1n) is 43.4. The molecule has 2 unspecified atom stereocenters. The Morgan fingerprint density at radius 1 is 0.482 bits per heavy atom. The normalized spacial score (nSPS) is 16.8. The first-order valence-corrected chi connectivity index (χ1v) is 48.3. The van der Waals surface area contributed by atoms with Crippen LogP contribution in [0.5, 0.6) is 11.5 Å². The van der Waals surface area contributed by atoms with Gasteiger partial charge in [-0.1, -0.05) is 226 Å². The van der Waals surface area contributed by atoms with Crippen molar-refractivity contribution < 1.29 is 28.7 Å². The zero-order valence-corrected chi connectivity index (χ0v) is 72.5. The highest BCUT2D eigenvalue weighted by molar-refractivity contribution is 7.32. The third-order valence-electron chi connectivity index (χ3n) is 23.9. The van der Waals surface area contributed by atoms with Crippen LogP contribution in [0.15, 0.2) is 143 Å². The first-order chi connectivity index (χ1) is 55.1. The molecule has 8 aromatic heterocycles. The Kier molecular flexibility index (Phi) is 26.9. The van der Waals surface area contributed by atoms with Gasteiger partial charge in [0, 0.05) is 80.0 Å². The Morgan fingerprint density at radius 3 is 1.59 bits per heavy atom. The SMILES string of the molecule is CCCCCCCC[N+]1=C(/C=C2\C(=O)C(=O)C(/C=C3/NC4=CC=C(c5cc(OCCCCCC)c(-c6cc7c(s6)c6sc(CCCCCC)cc6n7CCCCCC)s5)C5C=CC=C3C45)=C2O)c2cccc3c(-c4cc(OCCCCCC)c(-c5cc6c(s5)c5sc(CCCCCC)cc5n6CCCCCC)s4)ccc1c23. The van der Waals surface area contributed by atoms with E-state index in [1.54, 1.807) is 6.08 Å². The van der Waals surface area contributed by atoms with Gasteiger partial charge >= 0.3 is 0 Å². The van der Waals surface area contributed by atoms with Crippen molar-refractivity contribution in [3.63, 3.8) is 0 Å². The lowest BCUT2D eigenvalue weighted by molar-refractivity contribution is -0.436. The molecule has 5 aliphatic rings. The molecule has 590 valence electrons. The third kappa shape index (κ3) is 16.7. The summed E-state index contributed by atoms with van der Waals surface area (Å²) in [5.74, 6) is 0.211. The molecule has 15 rings (SSSR count). The van der Waals surface area contributed by atoms with E-state index in [9.17, 15) is 14.7 Å². The highest BCUT2D eigenvalue weighted by atomic mass is 32.1. The number of aliphatic hydroxyl groups is 1. The van der Waals surface area contributed by atoms with E-state index in [0.717, 1.165) is 144 Å². The lowest BCUT2D eigenvalue weighted by Gasteiger charge is -2.29. The lowest BCUT2D eigenvalue weighted by atomic mass is 9.74. The number of fused-ring (bicyclic) bond motifs is 6. The summed E-state index contributed by atoms with van der Waals surface area (Å²) >= 11 is 11.6. The molecule has 10 heterocycles. The fourth-order valence-corrected chi connectivity index (χ4v) is 25.3. The summed E-state index contributed by atoms with van der Waals surface area (Å²) in [6.07, 6.45) is 52.8. The molecule has 0 spiro atoms. The highest BCUT2D eigenvalue weighted by Crippen LogP contribution is 2.56. The summed E-state index contributed by atoms with van der Waals surface area (Å²) < 4.78 is 27.2. The number of nitrogens with one attached hydrogen (secondary N) is 1. The van der Waals surface area contributed by atoms with Crippen molar-refractivity contribution in [3.8, 4) is 41.4 Å². The number of ether oxygens (including phenoxy) is 2. The van der Waals surface area contributed by atoms with Crippen LogP contribution < -0.4 is 14.8 Å². The summed E-state index contributed by atoms with van der Waals surface area (Å²) in [4.78, 5) is 39.8. The van der Waals surface area contributed by atoms with Crippen molar-refractivity contribution in [3.05, 3.63) is 163 Å². The Morgan fingerprint density at radius 2 is 1.00 bits per heavy atom. The van der Waals surface area contributed by atoms with Crippen LogP contribution in [0, 0.1) is 11.8 Å². The van der Waals surface area contributed by atoms with Gasteiger partial charge in [0.05, 0.1) is 95.7 Å². The maximum Gasteiger partial charge on any atom is 0.237 e. The minimum absolute atomic E-state index is 0.00290. The van der Waals surface area contributed by atoms with Gasteiger partial charge in [-0.05, 0) is 135 Å². The van der Waals surface area contributed by atoms with Crippen molar-refractivity contribution in [2.75, 3.05) is 19.8 Å². The van der Waals surface area contributed by atoms with Gasteiger partial charge in [-0.25, -0.2) is 0 Å². The second kappa shape index (κ2) is 37.7. The zero-order chi connectivity index (χ0) is 77.2. The number of aryl methyl sites for hydroxylation is 4. The van der Waals surface area contributed by atoms with Gasteiger partial charge < -0.3 is 29.0 Å². The number of thiophene rings is 6. The summed E-state index contributed by atoms with van der Waals surface area (Å²) in [7, 11) is 0. The number of hydrogen-bond acceptors (Lipinski definition) is 12. The quantitative estimate of drug-likeness (QED) is 0.0171. The topological polar surface area (TPSA) is 97.7 Å². The molecule has 2 aliphatic heterocycles. The van der Waals surface area contributed by atoms with Gasteiger partial charge in [-0.3, -0.25) is 9.59 Å². The molecule has 3 aliphatic carbocycles. The molecule has 112 heavy (non-hydrogen) atoms. The zero-order valence-electron chi connectivity index (χ0n) is 67.6. The number of Topliss-reactive ketones (excluding diaryl/α,β-unsaturated/α-hetero) is 2. The number of rotatable bonds is 45. The number of nitrogens with zero attached hydrogens (tertiary/aromatic N) is 3. The number of unbranched alkanes of at least 4 members (excludes halogenated alkanes) is 23. The molecule has 0 bridgehead atoms. The molecule has 2 N–H and O–H groups in total. The molecule has 2 atom stereocenters. The number of carbonyl (C=O) groups excluding carboxylic acids is 2. The average molecular weight is 1610 g/mol. The molecule has 15 heteroatoms. The standard InChI is InChI=1S/C97H116N4O5S6/c1-8-15-22-29-30-35-50-99-75-49-47-66(84-62-82(106-54-37-28-21-14-7)97(110-84)86-60-80-95(112-86)93-78(101(80)52-34-26-19-12-5)56-64(108-93)41-32-24-17-10-3)68-43-39-45-70(88(68)75)76(99)58-72-89(102)71(90(103)91(72)104)57-74-69-44-38-42-67-65(46-48-73(98-74)87(67)69)83-61-81(105-53-36-27-20-13-6)96(109-83)85-59-79-94(111-85)92-77(100(79)51-33-25-18-11-4)55-63(107-92)40-31-23-16-9-2/h38-39,42-49,55-62,67,87H,8-37,40-41,50-54H2,1-7H3,(H,102,104)/p+1. The molecular weight excluding hydrogens is 1490 g/mol. The van der Waals surface area contributed by atoms with E-state index in [1.165, 1.54) is 228 Å². The maximum absolute atomic E-state index is 14.8. The van der Waals surface area contributed by atoms with E-state index in [-0.39, 0.29) is 28.7 Å². The molecule has 1 fully saturated rings. The van der Waals surface area contributed by atoms with Crippen LogP contribution in [0.2, 0.25) is 0 Å². The fraction of sp³-hybridized carbons (Fsp3) is 0.474. The van der Waals surface area contributed by atoms with Crippen molar-refractivity contribution in [1.82, 2.24) is 14.5 Å². The second-order valence-electron chi connectivity index (χ2n) is 32.1. The monoisotopic (exact) mass is 1610 g/mol. The molecule has 9 nitrogen and oxygen atoms in total. The molecule has 0 radical (unpaired) electrons. The number of benzene rings is 2. The smallest absolute Gasteiger partial charge is 0.237 e. The van der Waals surface area contributed by atoms with Crippen molar-refractivity contribution in [2.45, 2.75) is 267 Å². The summed E-state index contributed by atoms with van der Waals surface area (Å²) in [5.41, 5.74) is 13.6. The number of carbonyl (C=O) groups is 2. The molecule has 0 amide bonds. The maximum atomic E-state index is 14.8. The Hall–Kier alpha value is -7.11. The Bertz CT molecular complexity index is 5330. The molecule has 1 saturated heterocycles. The number of ketones is 2. The number of allylic oxidation sites excluding steroid dienone is 12. The van der Waals surface area contributed by atoms with E-state index < -0.39 is 11.6 Å². The van der Waals surface area contributed by atoms with Gasteiger partial charge in [0.1, 0.15) is 23.8 Å². The van der Waals surface area contributed by atoms with Crippen LogP contribution in [0.1, 0.15) is 261 Å². The first kappa shape index (κ1) is 80.1. The average Bonchev–Trinajstić information content (AvgIpc) is 1.58. The number of hydrogen-bond donors (Lipinski definition) is 2. The van der Waals surface area contributed by atoms with E-state index in [0.29, 0.717) is 13.2 Å². The van der Waals surface area contributed by atoms with Crippen molar-refractivity contribution in [2.24, 2.45) is 11.8 Å². The molecule has 10 aromatic rings. The highest BCUT2D eigenvalue weighted by Gasteiger charge is 2.44. The summed E-state index contributed by atoms with van der Waals surface area (Å²) in [5, 5.41) is 18.6. The van der Waals surface area contributed by atoms with Gasteiger partial charge in [0.2, 0.25) is 23.0 Å². The van der Waals surface area contributed by atoms with Crippen LogP contribution >= 0.6 is 68.0 Å². The van der Waals surface area contributed by atoms with Crippen molar-refractivity contribution >= 4 is 148 Å². The minimum Gasteiger partial charge on any atom is -0.506 e. The van der Waals surface area contributed by atoms with Gasteiger partial charge in [-0.15, -0.1) is 68.0 Å². The van der Waals surface area contributed by atoms with E-state index in [4.69, 9.17) is 9.47 Å². The van der Waals surface area contributed by atoms with E-state index in [1.807, 2.05) is 74.1 Å². The number of aromatic nitrogens is 2. The second-order valence-corrected chi connectivity index (χ2v) is 38.5. The molecule has 0 saturated carbocycles. The molecular formula is C97H117N4O5S6+. The summed E-state index contributed by atoms with van der Waals surface area (Å²) in [6, 6.07) is 25.7. The van der Waals surface area contributed by atoms with E-state index >= 15 is 0 Å². The van der Waals surface area contributed by atoms with Crippen LogP contribution in [0.4, 0.5) is 5.69 Å². The third-order valence-corrected chi connectivity index (χ3v) is 31.5. The van der Waals surface area contributed by atoms with E-state index in [2.05, 4.69) is 165 Å².